The quantitative estimate of drug-likeness (QED) is 0.686. The molecule has 1 saturated heterocycles. The summed E-state index contributed by atoms with van der Waals surface area (Å²) in [5, 5.41) is 2.86. The lowest BCUT2D eigenvalue weighted by Crippen LogP contribution is -2.47. The van der Waals surface area contributed by atoms with E-state index in [4.69, 9.17) is 4.74 Å². The van der Waals surface area contributed by atoms with Crippen molar-refractivity contribution in [2.75, 3.05) is 40.3 Å². The van der Waals surface area contributed by atoms with Gasteiger partial charge in [-0.1, -0.05) is 13.8 Å². The van der Waals surface area contributed by atoms with E-state index in [1.54, 1.807) is 0 Å². The van der Waals surface area contributed by atoms with Crippen LogP contribution in [0.2, 0.25) is 0 Å². The van der Waals surface area contributed by atoms with Crippen LogP contribution in [0.4, 0.5) is 4.79 Å². The Labute approximate surface area is 115 Å². The van der Waals surface area contributed by atoms with E-state index in [1.165, 1.54) is 4.90 Å². The monoisotopic (exact) mass is 271 g/mol. The molecule has 6 heteroatoms. The standard InChI is InChI=1S/C13H25N3O3/c1-10(2)8-16-11(9-19-13(16)18)12(17)14-6-5-7-15(3)4/h10-11H,5-9H2,1-4H3,(H,14,17)/t11-/m0/s1. The third-order valence-corrected chi connectivity index (χ3v) is 2.92. The average Bonchev–Trinajstić information content (AvgIpc) is 2.65. The van der Waals surface area contributed by atoms with Gasteiger partial charge in [-0.05, 0) is 33.0 Å². The minimum Gasteiger partial charge on any atom is -0.447 e. The number of hydrogen-bond donors (Lipinski definition) is 1. The van der Waals surface area contributed by atoms with Crippen LogP contribution in [-0.2, 0) is 9.53 Å². The zero-order valence-electron chi connectivity index (χ0n) is 12.3. The van der Waals surface area contributed by atoms with Gasteiger partial charge in [-0.3, -0.25) is 9.69 Å². The zero-order chi connectivity index (χ0) is 14.4. The molecule has 0 aliphatic carbocycles. The summed E-state index contributed by atoms with van der Waals surface area (Å²) < 4.78 is 4.96. The van der Waals surface area contributed by atoms with Crippen LogP contribution in [0.5, 0.6) is 0 Å². The molecule has 0 radical (unpaired) electrons. The maximum atomic E-state index is 12.0. The summed E-state index contributed by atoms with van der Waals surface area (Å²) >= 11 is 0. The molecule has 1 aliphatic rings. The molecule has 0 aromatic carbocycles. The van der Waals surface area contributed by atoms with Crippen LogP contribution in [0.1, 0.15) is 20.3 Å². The van der Waals surface area contributed by atoms with Crippen LogP contribution in [0, 0.1) is 5.92 Å². The number of cyclic esters (lactones) is 1. The number of nitrogens with one attached hydrogen (secondary N) is 1. The average molecular weight is 271 g/mol. The van der Waals surface area contributed by atoms with Gasteiger partial charge in [0.1, 0.15) is 12.6 Å². The largest absolute Gasteiger partial charge is 0.447 e. The molecule has 1 heterocycles. The molecule has 0 saturated carbocycles. The number of nitrogens with zero attached hydrogens (tertiary/aromatic N) is 2. The van der Waals surface area contributed by atoms with E-state index in [1.807, 2.05) is 27.9 Å². The summed E-state index contributed by atoms with van der Waals surface area (Å²) in [7, 11) is 3.99. The van der Waals surface area contributed by atoms with Crippen molar-refractivity contribution in [3.05, 3.63) is 0 Å². The van der Waals surface area contributed by atoms with Gasteiger partial charge in [0.2, 0.25) is 5.91 Å². The molecule has 0 aromatic rings. The van der Waals surface area contributed by atoms with Crippen molar-refractivity contribution in [2.24, 2.45) is 5.92 Å². The molecule has 2 amide bonds. The van der Waals surface area contributed by atoms with Crippen molar-refractivity contribution in [3.8, 4) is 0 Å². The Morgan fingerprint density at radius 2 is 2.21 bits per heavy atom. The summed E-state index contributed by atoms with van der Waals surface area (Å²) in [6, 6.07) is -0.478. The topological polar surface area (TPSA) is 61.9 Å². The zero-order valence-corrected chi connectivity index (χ0v) is 12.3. The van der Waals surface area contributed by atoms with Gasteiger partial charge in [0, 0.05) is 13.1 Å². The van der Waals surface area contributed by atoms with Crippen LogP contribution in [-0.4, -0.2) is 68.2 Å². The first-order chi connectivity index (χ1) is 8.91. The third kappa shape index (κ3) is 5.06. The highest BCUT2D eigenvalue weighted by atomic mass is 16.6. The summed E-state index contributed by atoms with van der Waals surface area (Å²) in [5.74, 6) is 0.194. The lowest BCUT2D eigenvalue weighted by molar-refractivity contribution is -0.124. The maximum Gasteiger partial charge on any atom is 0.410 e. The van der Waals surface area contributed by atoms with Gasteiger partial charge in [-0.25, -0.2) is 4.79 Å². The Kier molecular flexibility index (Phi) is 6.08. The number of amides is 2. The fourth-order valence-electron chi connectivity index (χ4n) is 1.99. The Bertz CT molecular complexity index is 318. The summed E-state index contributed by atoms with van der Waals surface area (Å²) in [4.78, 5) is 27.2. The van der Waals surface area contributed by atoms with Gasteiger partial charge in [0.25, 0.3) is 0 Å². The highest BCUT2D eigenvalue weighted by Gasteiger charge is 2.37. The lowest BCUT2D eigenvalue weighted by Gasteiger charge is -2.22. The number of carbonyl (C=O) groups is 2. The molecule has 110 valence electrons. The minimum atomic E-state index is -0.478. The van der Waals surface area contributed by atoms with Crippen molar-refractivity contribution >= 4 is 12.0 Å². The molecule has 0 unspecified atom stereocenters. The van der Waals surface area contributed by atoms with E-state index in [0.717, 1.165) is 13.0 Å². The predicted molar refractivity (Wildman–Crippen MR) is 72.9 cm³/mol. The van der Waals surface area contributed by atoms with Crippen molar-refractivity contribution in [1.29, 1.82) is 0 Å². The molecule has 1 N–H and O–H groups in total. The Balaban J connectivity index is 2.40. The highest BCUT2D eigenvalue weighted by molar-refractivity contribution is 5.87. The predicted octanol–water partition coefficient (Wildman–Crippen LogP) is 0.531. The normalized spacial score (nSPS) is 19.2. The fraction of sp³-hybridized carbons (Fsp3) is 0.846. The molecule has 1 fully saturated rings. The van der Waals surface area contributed by atoms with Crippen LogP contribution in [0.25, 0.3) is 0 Å². The van der Waals surface area contributed by atoms with E-state index in [-0.39, 0.29) is 18.6 Å². The smallest absolute Gasteiger partial charge is 0.410 e. The van der Waals surface area contributed by atoms with Gasteiger partial charge in [-0.2, -0.15) is 0 Å². The first kappa shape index (κ1) is 15.8. The van der Waals surface area contributed by atoms with Crippen LogP contribution >= 0.6 is 0 Å². The number of hydrogen-bond acceptors (Lipinski definition) is 4. The first-order valence-corrected chi connectivity index (χ1v) is 6.77. The van der Waals surface area contributed by atoms with E-state index in [9.17, 15) is 9.59 Å². The summed E-state index contributed by atoms with van der Waals surface area (Å²) in [5.41, 5.74) is 0. The molecule has 0 aromatic heterocycles. The van der Waals surface area contributed by atoms with Crippen molar-refractivity contribution in [2.45, 2.75) is 26.3 Å². The lowest BCUT2D eigenvalue weighted by atomic mass is 10.1. The highest BCUT2D eigenvalue weighted by Crippen LogP contribution is 2.14. The SMILES string of the molecule is CC(C)CN1C(=O)OC[C@H]1C(=O)NCCCN(C)C. The molecular formula is C13H25N3O3. The van der Waals surface area contributed by atoms with Gasteiger partial charge in [-0.15, -0.1) is 0 Å². The van der Waals surface area contributed by atoms with Gasteiger partial charge in [0.05, 0.1) is 0 Å². The van der Waals surface area contributed by atoms with Crippen molar-refractivity contribution in [3.63, 3.8) is 0 Å². The van der Waals surface area contributed by atoms with E-state index in [0.29, 0.717) is 19.0 Å². The second-order valence-corrected chi connectivity index (χ2v) is 5.59. The molecular weight excluding hydrogens is 246 g/mol. The van der Waals surface area contributed by atoms with E-state index in [2.05, 4.69) is 10.2 Å². The Morgan fingerprint density at radius 1 is 1.53 bits per heavy atom. The third-order valence-electron chi connectivity index (χ3n) is 2.92. The first-order valence-electron chi connectivity index (χ1n) is 6.77. The summed E-state index contributed by atoms with van der Waals surface area (Å²) in [6.45, 7) is 6.28. The fourth-order valence-corrected chi connectivity index (χ4v) is 1.99. The number of rotatable bonds is 7. The van der Waals surface area contributed by atoms with Crippen LogP contribution < -0.4 is 5.32 Å². The second-order valence-electron chi connectivity index (χ2n) is 5.59. The van der Waals surface area contributed by atoms with E-state index < -0.39 is 6.04 Å². The molecule has 1 rings (SSSR count). The molecule has 6 nitrogen and oxygen atoms in total. The molecule has 0 bridgehead atoms. The van der Waals surface area contributed by atoms with Gasteiger partial charge >= 0.3 is 6.09 Å². The number of ether oxygens (including phenoxy) is 1. The van der Waals surface area contributed by atoms with Gasteiger partial charge < -0.3 is 15.0 Å². The van der Waals surface area contributed by atoms with Crippen LogP contribution in [0.3, 0.4) is 0 Å². The summed E-state index contributed by atoms with van der Waals surface area (Å²) in [6.07, 6.45) is 0.506. The molecule has 19 heavy (non-hydrogen) atoms. The van der Waals surface area contributed by atoms with Gasteiger partial charge in [0.15, 0.2) is 0 Å². The van der Waals surface area contributed by atoms with E-state index >= 15 is 0 Å². The van der Waals surface area contributed by atoms with Crippen LogP contribution in [0.15, 0.2) is 0 Å². The Hall–Kier alpha value is -1.30. The molecule has 0 spiro atoms. The Morgan fingerprint density at radius 3 is 2.79 bits per heavy atom. The number of carbonyl (C=O) groups excluding carboxylic acids is 2. The maximum absolute atomic E-state index is 12.0. The van der Waals surface area contributed by atoms with Crippen molar-refractivity contribution in [1.82, 2.24) is 15.1 Å². The molecule has 1 atom stereocenters. The second kappa shape index (κ2) is 7.33. The molecule has 1 aliphatic heterocycles. The van der Waals surface area contributed by atoms with Crippen molar-refractivity contribution < 1.29 is 14.3 Å². The minimum absolute atomic E-state index is 0.120.